The Bertz CT molecular complexity index is 675. The van der Waals surface area contributed by atoms with Crippen LogP contribution in [0.15, 0.2) is 18.2 Å². The molecular formula is C17H24FN3O4S. The first-order chi connectivity index (χ1) is 12.1. The Morgan fingerprint density at radius 1 is 1.42 bits per heavy atom. The molecule has 26 heavy (non-hydrogen) atoms. The van der Waals surface area contributed by atoms with E-state index >= 15 is 0 Å². The van der Waals surface area contributed by atoms with Crippen molar-refractivity contribution in [1.29, 1.82) is 5.26 Å². The number of benzene rings is 1. The van der Waals surface area contributed by atoms with Crippen LogP contribution in [0.4, 0.5) is 10.1 Å². The van der Waals surface area contributed by atoms with Crippen LogP contribution in [0.1, 0.15) is 46.1 Å². The van der Waals surface area contributed by atoms with Gasteiger partial charge in [-0.25, -0.2) is 4.39 Å². The van der Waals surface area contributed by atoms with E-state index in [0.29, 0.717) is 6.42 Å². The Labute approximate surface area is 156 Å². The predicted molar refractivity (Wildman–Crippen MR) is 97.1 cm³/mol. The Morgan fingerprint density at radius 2 is 2.08 bits per heavy atom. The van der Waals surface area contributed by atoms with E-state index in [9.17, 15) is 19.1 Å². The summed E-state index contributed by atoms with van der Waals surface area (Å²) in [5.41, 5.74) is -1.32. The lowest BCUT2D eigenvalue weighted by molar-refractivity contribution is -0.385. The molecule has 0 aliphatic carbocycles. The molecule has 9 heteroatoms. The molecule has 0 unspecified atom stereocenters. The van der Waals surface area contributed by atoms with Gasteiger partial charge in [-0.1, -0.05) is 6.92 Å². The van der Waals surface area contributed by atoms with Crippen LogP contribution >= 0.6 is 0 Å². The molecule has 0 radical (unpaired) electrons. The molecule has 144 valence electrons. The van der Waals surface area contributed by atoms with E-state index in [1.807, 2.05) is 6.07 Å². The van der Waals surface area contributed by atoms with Crippen LogP contribution in [0.2, 0.25) is 0 Å². The normalized spacial score (nSPS) is 15.1. The monoisotopic (exact) mass is 385 g/mol. The second-order valence-electron chi connectivity index (χ2n) is 6.80. The second-order valence-corrected chi connectivity index (χ2v) is 8.77. The minimum atomic E-state index is -1.55. The van der Waals surface area contributed by atoms with Gasteiger partial charge in [-0.3, -0.25) is 10.1 Å². The van der Waals surface area contributed by atoms with Crippen molar-refractivity contribution in [1.82, 2.24) is 4.72 Å². The van der Waals surface area contributed by atoms with Crippen LogP contribution in [0, 0.1) is 27.3 Å². The highest BCUT2D eigenvalue weighted by Gasteiger charge is 2.41. The van der Waals surface area contributed by atoms with Gasteiger partial charge in [0.2, 0.25) is 0 Å². The SMILES string of the molecule is CC[C@@](CCOCC#N)(N[S@+]([O-])C(C)(C)C)c1cc([N+](=O)[O-])ccc1F. The molecular weight excluding hydrogens is 361 g/mol. The van der Waals surface area contributed by atoms with Crippen LogP contribution in [-0.4, -0.2) is 27.4 Å². The van der Waals surface area contributed by atoms with Crippen LogP contribution in [0.3, 0.4) is 0 Å². The number of non-ortho nitro benzene ring substituents is 1. The zero-order valence-electron chi connectivity index (χ0n) is 15.4. The number of nitrogens with one attached hydrogen (secondary N) is 1. The smallest absolute Gasteiger partial charge is 0.269 e. The Kier molecular flexibility index (Phi) is 7.96. The summed E-state index contributed by atoms with van der Waals surface area (Å²) in [6.45, 7) is 7.07. The van der Waals surface area contributed by atoms with Crippen molar-refractivity contribution < 1.29 is 18.6 Å². The lowest BCUT2D eigenvalue weighted by Crippen LogP contribution is -2.52. The van der Waals surface area contributed by atoms with Gasteiger partial charge in [0, 0.05) is 29.1 Å². The maximum atomic E-state index is 14.6. The largest absolute Gasteiger partial charge is 0.598 e. The Balaban J connectivity index is 3.35. The molecule has 0 bridgehead atoms. The molecule has 0 heterocycles. The summed E-state index contributed by atoms with van der Waals surface area (Å²) >= 11 is -1.55. The van der Waals surface area contributed by atoms with Crippen LogP contribution < -0.4 is 4.72 Å². The molecule has 0 aromatic heterocycles. The molecule has 0 fully saturated rings. The van der Waals surface area contributed by atoms with E-state index in [0.717, 1.165) is 18.2 Å². The van der Waals surface area contributed by atoms with E-state index in [-0.39, 0.29) is 30.9 Å². The first-order valence-corrected chi connectivity index (χ1v) is 9.31. The van der Waals surface area contributed by atoms with Crippen LogP contribution in [-0.2, 0) is 21.6 Å². The summed E-state index contributed by atoms with van der Waals surface area (Å²) in [5, 5.41) is 19.7. The van der Waals surface area contributed by atoms with Gasteiger partial charge in [0.25, 0.3) is 5.69 Å². The van der Waals surface area contributed by atoms with Crippen molar-refractivity contribution in [2.75, 3.05) is 13.2 Å². The molecule has 0 saturated carbocycles. The van der Waals surface area contributed by atoms with Crippen molar-refractivity contribution in [2.45, 2.75) is 50.8 Å². The third-order valence-corrected chi connectivity index (χ3v) is 5.65. The summed E-state index contributed by atoms with van der Waals surface area (Å²) in [7, 11) is 0. The maximum absolute atomic E-state index is 14.6. The summed E-state index contributed by atoms with van der Waals surface area (Å²) < 4.78 is 34.8. The predicted octanol–water partition coefficient (Wildman–Crippen LogP) is 3.32. The van der Waals surface area contributed by atoms with Crippen molar-refractivity contribution in [2.24, 2.45) is 0 Å². The van der Waals surface area contributed by atoms with Gasteiger partial charge in [0.15, 0.2) is 0 Å². The molecule has 2 atom stereocenters. The number of nitriles is 1. The number of hydrogen-bond acceptors (Lipinski definition) is 6. The maximum Gasteiger partial charge on any atom is 0.269 e. The molecule has 0 aliphatic rings. The van der Waals surface area contributed by atoms with Gasteiger partial charge in [-0.05, 0) is 39.7 Å². The molecule has 0 aliphatic heterocycles. The standard InChI is InChI=1S/C17H24FN3O4S/c1-5-17(8-10-25-11-9-19,20-26(24)16(2,3)4)14-12-13(21(22)23)6-7-15(14)18/h6-7,12,20H,5,8,10-11H2,1-4H3/t17-,26+/m0/s1. The highest BCUT2D eigenvalue weighted by Crippen LogP contribution is 2.35. The fourth-order valence-corrected chi connectivity index (χ4v) is 3.39. The third-order valence-electron chi connectivity index (χ3n) is 3.96. The molecule has 7 nitrogen and oxygen atoms in total. The molecule has 0 amide bonds. The van der Waals surface area contributed by atoms with Gasteiger partial charge in [-0.2, -0.15) is 5.26 Å². The molecule has 0 spiro atoms. The zero-order valence-corrected chi connectivity index (χ0v) is 16.2. The average molecular weight is 385 g/mol. The van der Waals surface area contributed by atoms with E-state index in [1.165, 1.54) is 0 Å². The minimum absolute atomic E-state index is 0.0624. The number of ether oxygens (including phenoxy) is 1. The van der Waals surface area contributed by atoms with E-state index < -0.39 is 32.4 Å². The number of nitrogens with zero attached hydrogens (tertiary/aromatic N) is 2. The van der Waals surface area contributed by atoms with Crippen molar-refractivity contribution in [3.63, 3.8) is 0 Å². The molecule has 0 saturated heterocycles. The number of hydrogen-bond donors (Lipinski definition) is 1. The number of nitro benzene ring substituents is 1. The quantitative estimate of drug-likeness (QED) is 0.302. The fourth-order valence-electron chi connectivity index (χ4n) is 2.37. The van der Waals surface area contributed by atoms with Crippen LogP contribution in [0.25, 0.3) is 0 Å². The summed E-state index contributed by atoms with van der Waals surface area (Å²) in [5.74, 6) is -0.629. The average Bonchev–Trinajstić information content (AvgIpc) is 2.57. The third kappa shape index (κ3) is 5.64. The lowest BCUT2D eigenvalue weighted by atomic mass is 9.84. The van der Waals surface area contributed by atoms with E-state index in [4.69, 9.17) is 10.00 Å². The van der Waals surface area contributed by atoms with Crippen molar-refractivity contribution in [3.8, 4) is 6.07 Å². The zero-order chi connectivity index (χ0) is 20.0. The summed E-state index contributed by atoms with van der Waals surface area (Å²) in [6, 6.07) is 5.14. The Morgan fingerprint density at radius 3 is 2.58 bits per heavy atom. The molecule has 1 N–H and O–H groups in total. The Hall–Kier alpha value is -1.73. The first kappa shape index (κ1) is 22.3. The lowest BCUT2D eigenvalue weighted by Gasteiger charge is -2.37. The van der Waals surface area contributed by atoms with Gasteiger partial charge in [0.1, 0.15) is 17.2 Å². The van der Waals surface area contributed by atoms with Crippen molar-refractivity contribution >= 4 is 17.0 Å². The van der Waals surface area contributed by atoms with Gasteiger partial charge >= 0.3 is 0 Å². The van der Waals surface area contributed by atoms with Gasteiger partial charge in [0.05, 0.1) is 23.1 Å². The van der Waals surface area contributed by atoms with Gasteiger partial charge < -0.3 is 9.29 Å². The van der Waals surface area contributed by atoms with Crippen molar-refractivity contribution in [3.05, 3.63) is 39.7 Å². The highest BCUT2D eigenvalue weighted by atomic mass is 32.2. The molecule has 1 rings (SSSR count). The van der Waals surface area contributed by atoms with Gasteiger partial charge in [-0.15, -0.1) is 4.72 Å². The number of rotatable bonds is 9. The second kappa shape index (κ2) is 9.28. The van der Waals surface area contributed by atoms with E-state index in [2.05, 4.69) is 4.72 Å². The minimum Gasteiger partial charge on any atom is -0.598 e. The summed E-state index contributed by atoms with van der Waals surface area (Å²) in [4.78, 5) is 10.5. The topological polar surface area (TPSA) is 111 Å². The number of nitro groups is 1. The first-order valence-electron chi connectivity index (χ1n) is 8.16. The molecule has 1 aromatic carbocycles. The highest BCUT2D eigenvalue weighted by molar-refractivity contribution is 7.90. The van der Waals surface area contributed by atoms with E-state index in [1.54, 1.807) is 27.7 Å². The van der Waals surface area contributed by atoms with Crippen LogP contribution in [0.5, 0.6) is 0 Å². The summed E-state index contributed by atoms with van der Waals surface area (Å²) in [6.07, 6.45) is 0.522. The molecule has 1 aromatic rings. The number of halogens is 1. The fraction of sp³-hybridized carbons (Fsp3) is 0.588.